The van der Waals surface area contributed by atoms with Gasteiger partial charge in [0.2, 0.25) is 0 Å². The third-order valence-corrected chi connectivity index (χ3v) is 7.08. The highest BCUT2D eigenvalue weighted by atomic mass is 32.1. The van der Waals surface area contributed by atoms with Crippen molar-refractivity contribution in [3.8, 4) is 0 Å². The van der Waals surface area contributed by atoms with Crippen LogP contribution in [0.2, 0.25) is 0 Å². The number of amides is 2. The molecule has 6 heteroatoms. The van der Waals surface area contributed by atoms with Gasteiger partial charge in [0.1, 0.15) is 5.57 Å². The van der Waals surface area contributed by atoms with Crippen LogP contribution in [0.5, 0.6) is 0 Å². The second-order valence-electron chi connectivity index (χ2n) is 9.11. The molecule has 4 aromatic carbocycles. The Kier molecular flexibility index (Phi) is 5.66. The van der Waals surface area contributed by atoms with E-state index in [1.165, 1.54) is 21.2 Å². The number of hydrogen-bond donors (Lipinski definition) is 1. The molecule has 5 nitrogen and oxygen atoms in total. The number of benzene rings is 4. The van der Waals surface area contributed by atoms with Crippen LogP contribution in [-0.2, 0) is 16.1 Å². The standard InChI is InChI=1S/C31H23N3O2S/c1-20-9-2-6-15-27(20)34-30(36)26(29(35)32-31(34)37)17-23-19-33(28-16-7-5-14-25(23)28)18-22-12-8-11-21-10-3-4-13-24(21)22/h2-17,19H,18H2,1H3,(H,32,35,37)/b26-17+. The Bertz CT molecular complexity index is 1760. The number of para-hydroxylation sites is 2. The van der Waals surface area contributed by atoms with Crippen LogP contribution < -0.4 is 10.2 Å². The van der Waals surface area contributed by atoms with Gasteiger partial charge in [0.25, 0.3) is 11.8 Å². The van der Waals surface area contributed by atoms with Gasteiger partial charge in [-0.05, 0) is 59.2 Å². The molecule has 0 spiro atoms. The monoisotopic (exact) mass is 501 g/mol. The first-order valence-corrected chi connectivity index (χ1v) is 12.4. The number of fused-ring (bicyclic) bond motifs is 2. The van der Waals surface area contributed by atoms with Crippen molar-refractivity contribution < 1.29 is 9.59 Å². The first kappa shape index (κ1) is 22.9. The molecule has 0 radical (unpaired) electrons. The lowest BCUT2D eigenvalue weighted by molar-refractivity contribution is -0.122. The van der Waals surface area contributed by atoms with Crippen molar-refractivity contribution in [2.45, 2.75) is 13.5 Å². The van der Waals surface area contributed by atoms with Crippen LogP contribution >= 0.6 is 12.2 Å². The third-order valence-electron chi connectivity index (χ3n) is 6.80. The highest BCUT2D eigenvalue weighted by Crippen LogP contribution is 2.29. The molecule has 5 aromatic rings. The number of aryl methyl sites for hydroxylation is 1. The largest absolute Gasteiger partial charge is 0.342 e. The maximum absolute atomic E-state index is 13.6. The fraction of sp³-hybridized carbons (Fsp3) is 0.0645. The van der Waals surface area contributed by atoms with E-state index in [1.54, 1.807) is 6.08 Å². The normalized spacial score (nSPS) is 15.1. The van der Waals surface area contributed by atoms with Crippen LogP contribution in [0.15, 0.2) is 103 Å². The molecule has 0 bridgehead atoms. The minimum atomic E-state index is -0.495. The van der Waals surface area contributed by atoms with E-state index < -0.39 is 11.8 Å². The molecule has 2 heterocycles. The van der Waals surface area contributed by atoms with E-state index in [4.69, 9.17) is 12.2 Å². The van der Waals surface area contributed by atoms with Gasteiger partial charge >= 0.3 is 0 Å². The van der Waals surface area contributed by atoms with Crippen LogP contribution in [0.3, 0.4) is 0 Å². The van der Waals surface area contributed by atoms with Crippen molar-refractivity contribution in [2.75, 3.05) is 4.90 Å². The molecule has 180 valence electrons. The smallest absolute Gasteiger partial charge is 0.270 e. The summed E-state index contributed by atoms with van der Waals surface area (Å²) < 4.78 is 2.17. The van der Waals surface area contributed by atoms with E-state index in [-0.39, 0.29) is 10.7 Å². The molecule has 6 rings (SSSR count). The van der Waals surface area contributed by atoms with Gasteiger partial charge in [0.15, 0.2) is 5.11 Å². The topological polar surface area (TPSA) is 54.3 Å². The van der Waals surface area contributed by atoms with Crippen molar-refractivity contribution in [1.82, 2.24) is 9.88 Å². The van der Waals surface area contributed by atoms with Crippen molar-refractivity contribution in [1.29, 1.82) is 0 Å². The molecule has 2 amide bonds. The number of carbonyl (C=O) groups excluding carboxylic acids is 2. The first-order valence-electron chi connectivity index (χ1n) is 12.0. The molecule has 0 aliphatic carbocycles. The molecule has 1 fully saturated rings. The van der Waals surface area contributed by atoms with Crippen LogP contribution in [0.4, 0.5) is 5.69 Å². The highest BCUT2D eigenvalue weighted by molar-refractivity contribution is 7.80. The van der Waals surface area contributed by atoms with Gasteiger partial charge in [0, 0.05) is 29.2 Å². The Morgan fingerprint density at radius 2 is 1.54 bits per heavy atom. The number of nitrogens with zero attached hydrogens (tertiary/aromatic N) is 2. The van der Waals surface area contributed by atoms with E-state index in [0.717, 1.165) is 22.0 Å². The molecule has 0 saturated carbocycles. The summed E-state index contributed by atoms with van der Waals surface area (Å²) >= 11 is 5.37. The summed E-state index contributed by atoms with van der Waals surface area (Å²) in [7, 11) is 0. The van der Waals surface area contributed by atoms with Gasteiger partial charge in [-0.2, -0.15) is 0 Å². The average molecular weight is 502 g/mol. The van der Waals surface area contributed by atoms with Crippen LogP contribution in [0.1, 0.15) is 16.7 Å². The molecule has 1 N–H and O–H groups in total. The SMILES string of the molecule is Cc1ccccc1N1C(=O)/C(=C/c2cn(Cc3cccc4ccccc34)c3ccccc23)C(=O)NC1=S. The van der Waals surface area contributed by atoms with Gasteiger partial charge in [-0.25, -0.2) is 0 Å². The first-order chi connectivity index (χ1) is 18.0. The zero-order valence-electron chi connectivity index (χ0n) is 20.1. The molecule has 1 saturated heterocycles. The van der Waals surface area contributed by atoms with Gasteiger partial charge in [-0.1, -0.05) is 78.9 Å². The molecule has 1 aliphatic heterocycles. The van der Waals surface area contributed by atoms with E-state index >= 15 is 0 Å². The lowest BCUT2D eigenvalue weighted by atomic mass is 10.0. The third kappa shape index (κ3) is 4.01. The van der Waals surface area contributed by atoms with Crippen molar-refractivity contribution in [3.63, 3.8) is 0 Å². The van der Waals surface area contributed by atoms with Crippen molar-refractivity contribution in [2.24, 2.45) is 0 Å². The fourth-order valence-electron chi connectivity index (χ4n) is 4.98. The number of hydrogen-bond acceptors (Lipinski definition) is 3. The van der Waals surface area contributed by atoms with Gasteiger partial charge in [-0.15, -0.1) is 0 Å². The summed E-state index contributed by atoms with van der Waals surface area (Å²) in [6, 6.07) is 30.2. The summed E-state index contributed by atoms with van der Waals surface area (Å²) in [5.41, 5.74) is 4.61. The molecule has 0 atom stereocenters. The Morgan fingerprint density at radius 3 is 2.38 bits per heavy atom. The van der Waals surface area contributed by atoms with E-state index in [0.29, 0.717) is 12.2 Å². The van der Waals surface area contributed by atoms with Crippen molar-refractivity contribution in [3.05, 3.63) is 119 Å². The molecule has 1 aliphatic rings. The van der Waals surface area contributed by atoms with Crippen LogP contribution in [-0.4, -0.2) is 21.5 Å². The lowest BCUT2D eigenvalue weighted by Gasteiger charge is -2.29. The predicted molar refractivity (Wildman–Crippen MR) is 152 cm³/mol. The van der Waals surface area contributed by atoms with E-state index in [2.05, 4.69) is 46.3 Å². The number of anilines is 1. The molecular formula is C31H23N3O2S. The maximum Gasteiger partial charge on any atom is 0.270 e. The van der Waals surface area contributed by atoms with Crippen LogP contribution in [0, 0.1) is 6.92 Å². The van der Waals surface area contributed by atoms with E-state index in [9.17, 15) is 9.59 Å². The quantitative estimate of drug-likeness (QED) is 0.187. The number of nitrogens with one attached hydrogen (secondary N) is 1. The lowest BCUT2D eigenvalue weighted by Crippen LogP contribution is -2.54. The molecule has 1 aromatic heterocycles. The maximum atomic E-state index is 13.6. The molecule has 37 heavy (non-hydrogen) atoms. The number of aromatic nitrogens is 1. The number of thiocarbonyl (C=S) groups is 1. The zero-order chi connectivity index (χ0) is 25.5. The van der Waals surface area contributed by atoms with Crippen LogP contribution in [0.25, 0.3) is 27.8 Å². The Morgan fingerprint density at radius 1 is 0.838 bits per heavy atom. The fourth-order valence-corrected chi connectivity index (χ4v) is 5.25. The van der Waals surface area contributed by atoms with Crippen molar-refractivity contribution >= 4 is 62.6 Å². The minimum absolute atomic E-state index is 0.0462. The average Bonchev–Trinajstić information content (AvgIpc) is 3.25. The molecular weight excluding hydrogens is 478 g/mol. The second-order valence-corrected chi connectivity index (χ2v) is 9.50. The zero-order valence-corrected chi connectivity index (χ0v) is 21.0. The summed E-state index contributed by atoms with van der Waals surface area (Å²) in [6.45, 7) is 2.57. The minimum Gasteiger partial charge on any atom is -0.342 e. The number of carbonyl (C=O) groups is 2. The summed E-state index contributed by atoms with van der Waals surface area (Å²) in [6.07, 6.45) is 3.68. The highest BCUT2D eigenvalue weighted by Gasteiger charge is 2.35. The second kappa shape index (κ2) is 9.15. The Hall–Kier alpha value is -4.55. The van der Waals surface area contributed by atoms with E-state index in [1.807, 2.05) is 67.7 Å². The van der Waals surface area contributed by atoms with Gasteiger partial charge in [-0.3, -0.25) is 19.8 Å². The summed E-state index contributed by atoms with van der Waals surface area (Å²) in [5, 5.41) is 6.13. The summed E-state index contributed by atoms with van der Waals surface area (Å²) in [4.78, 5) is 27.9. The Labute approximate surface area is 219 Å². The summed E-state index contributed by atoms with van der Waals surface area (Å²) in [5.74, 6) is -0.931. The van der Waals surface area contributed by atoms with Gasteiger partial charge < -0.3 is 4.57 Å². The molecule has 0 unspecified atom stereocenters. The number of rotatable bonds is 4. The van der Waals surface area contributed by atoms with Gasteiger partial charge in [0.05, 0.1) is 5.69 Å². The predicted octanol–water partition coefficient (Wildman–Crippen LogP) is 5.98. The Balaban J connectivity index is 1.44.